The first-order chi connectivity index (χ1) is 11.2. The number of ether oxygens (including phenoxy) is 1. The van der Waals surface area contributed by atoms with Crippen LogP contribution in [0.25, 0.3) is 0 Å². The molecular weight excluding hydrogens is 288 g/mol. The fourth-order valence-electron chi connectivity index (χ4n) is 2.23. The highest BCUT2D eigenvalue weighted by Gasteiger charge is 2.22. The Morgan fingerprint density at radius 3 is 2.96 bits per heavy atom. The summed E-state index contributed by atoms with van der Waals surface area (Å²) in [5.41, 5.74) is 1.12. The number of allylic oxidation sites excluding steroid dienone is 1. The Kier molecular flexibility index (Phi) is 6.91. The molecule has 1 fully saturated rings. The highest BCUT2D eigenvalue weighted by molar-refractivity contribution is 5.79. The van der Waals surface area contributed by atoms with Crippen LogP contribution in [0.4, 0.5) is 0 Å². The molecule has 0 amide bonds. The first kappa shape index (κ1) is 17.3. The molecule has 126 valence electrons. The van der Waals surface area contributed by atoms with Crippen LogP contribution < -0.4 is 10.1 Å². The van der Waals surface area contributed by atoms with E-state index in [1.165, 1.54) is 12.8 Å². The van der Waals surface area contributed by atoms with E-state index in [4.69, 9.17) is 4.74 Å². The van der Waals surface area contributed by atoms with Crippen LogP contribution in [0.1, 0.15) is 31.2 Å². The maximum Gasteiger partial charge on any atom is 0.213 e. The van der Waals surface area contributed by atoms with Crippen molar-refractivity contribution in [3.8, 4) is 5.88 Å². The molecule has 1 aliphatic carbocycles. The van der Waals surface area contributed by atoms with Gasteiger partial charge in [-0.15, -0.1) is 6.58 Å². The molecule has 2 rings (SSSR count). The summed E-state index contributed by atoms with van der Waals surface area (Å²) in [6.07, 6.45) is 8.49. The molecule has 0 atom stereocenters. The molecule has 0 saturated heterocycles. The van der Waals surface area contributed by atoms with Crippen LogP contribution in [0, 0.1) is 5.92 Å². The van der Waals surface area contributed by atoms with Crippen LogP contribution in [0.15, 0.2) is 36.0 Å². The second-order valence-electron chi connectivity index (χ2n) is 6.01. The van der Waals surface area contributed by atoms with Gasteiger partial charge in [-0.2, -0.15) is 0 Å². The number of hydrogen-bond donors (Lipinski definition) is 1. The van der Waals surface area contributed by atoms with Crippen LogP contribution >= 0.6 is 0 Å². The molecule has 5 heteroatoms. The number of aromatic nitrogens is 1. The monoisotopic (exact) mass is 316 g/mol. The van der Waals surface area contributed by atoms with Crippen molar-refractivity contribution in [1.82, 2.24) is 15.2 Å². The van der Waals surface area contributed by atoms with E-state index in [1.54, 1.807) is 7.05 Å². The van der Waals surface area contributed by atoms with Crippen molar-refractivity contribution in [2.24, 2.45) is 10.9 Å². The van der Waals surface area contributed by atoms with Gasteiger partial charge in [0.2, 0.25) is 5.88 Å². The largest absolute Gasteiger partial charge is 0.477 e. The van der Waals surface area contributed by atoms with E-state index in [0.717, 1.165) is 43.4 Å². The molecule has 1 N–H and O–H groups in total. The van der Waals surface area contributed by atoms with Gasteiger partial charge < -0.3 is 15.0 Å². The molecule has 5 nitrogen and oxygen atoms in total. The third kappa shape index (κ3) is 6.30. The molecule has 1 aromatic heterocycles. The quantitative estimate of drug-likeness (QED) is 0.329. The van der Waals surface area contributed by atoms with Gasteiger partial charge in [0, 0.05) is 39.4 Å². The van der Waals surface area contributed by atoms with Crippen molar-refractivity contribution < 1.29 is 4.74 Å². The standard InChI is InChI=1S/C18H28N4O/c1-4-5-6-11-22(3)18(19-2)21-13-16-9-10-17(20-12-16)23-14-15-7-8-15/h4,9-10,12,15H,1,5-8,11,13-14H2,2-3H3,(H,19,21). The van der Waals surface area contributed by atoms with E-state index in [9.17, 15) is 0 Å². The Bertz CT molecular complexity index is 508. The SMILES string of the molecule is C=CCCCN(C)C(=NC)NCc1ccc(OCC2CC2)nc1. The normalized spacial score (nSPS) is 14.4. The van der Waals surface area contributed by atoms with Gasteiger partial charge in [-0.05, 0) is 37.2 Å². The smallest absolute Gasteiger partial charge is 0.213 e. The topological polar surface area (TPSA) is 49.8 Å². The number of hydrogen-bond acceptors (Lipinski definition) is 3. The molecule has 0 bridgehead atoms. The van der Waals surface area contributed by atoms with E-state index in [-0.39, 0.29) is 0 Å². The number of unbranched alkanes of at least 4 members (excludes halogenated alkanes) is 1. The number of nitrogens with one attached hydrogen (secondary N) is 1. The maximum atomic E-state index is 5.65. The number of rotatable bonds is 9. The van der Waals surface area contributed by atoms with Gasteiger partial charge in [0.1, 0.15) is 0 Å². The van der Waals surface area contributed by atoms with Crippen molar-refractivity contribution in [3.05, 3.63) is 36.5 Å². The van der Waals surface area contributed by atoms with Crippen LogP contribution in [0.3, 0.4) is 0 Å². The second kappa shape index (κ2) is 9.18. The molecule has 1 aromatic rings. The molecule has 0 unspecified atom stereocenters. The van der Waals surface area contributed by atoms with E-state index in [0.29, 0.717) is 12.4 Å². The minimum atomic E-state index is 0.703. The molecule has 1 heterocycles. The summed E-state index contributed by atoms with van der Waals surface area (Å²) in [4.78, 5) is 10.8. The highest BCUT2D eigenvalue weighted by Crippen LogP contribution is 2.29. The number of aliphatic imine (C=N–C) groups is 1. The maximum absolute atomic E-state index is 5.65. The zero-order valence-corrected chi connectivity index (χ0v) is 14.3. The summed E-state index contributed by atoms with van der Waals surface area (Å²) >= 11 is 0. The van der Waals surface area contributed by atoms with Gasteiger partial charge in [-0.25, -0.2) is 4.98 Å². The Morgan fingerprint density at radius 2 is 2.35 bits per heavy atom. The third-order valence-electron chi connectivity index (χ3n) is 3.89. The molecule has 0 aromatic carbocycles. The van der Waals surface area contributed by atoms with Crippen molar-refractivity contribution in [2.75, 3.05) is 27.2 Å². The van der Waals surface area contributed by atoms with E-state index >= 15 is 0 Å². The average Bonchev–Trinajstić information content (AvgIpc) is 3.39. The summed E-state index contributed by atoms with van der Waals surface area (Å²) in [7, 11) is 3.85. The fourth-order valence-corrected chi connectivity index (χ4v) is 2.23. The molecular formula is C18H28N4O. The molecule has 1 saturated carbocycles. The summed E-state index contributed by atoms with van der Waals surface area (Å²) < 4.78 is 5.65. The minimum Gasteiger partial charge on any atom is -0.477 e. The summed E-state index contributed by atoms with van der Waals surface area (Å²) in [6, 6.07) is 3.99. The van der Waals surface area contributed by atoms with Crippen LogP contribution in [0.2, 0.25) is 0 Å². The Balaban J connectivity index is 1.75. The zero-order valence-electron chi connectivity index (χ0n) is 14.3. The van der Waals surface area contributed by atoms with Gasteiger partial charge in [0.25, 0.3) is 0 Å². The van der Waals surface area contributed by atoms with Gasteiger partial charge in [-0.1, -0.05) is 12.1 Å². The highest BCUT2D eigenvalue weighted by atomic mass is 16.5. The molecule has 0 aliphatic heterocycles. The predicted octanol–water partition coefficient (Wildman–Crippen LogP) is 2.84. The van der Waals surface area contributed by atoms with Crippen LogP contribution in [-0.2, 0) is 6.54 Å². The number of guanidine groups is 1. The lowest BCUT2D eigenvalue weighted by Crippen LogP contribution is -2.38. The third-order valence-corrected chi connectivity index (χ3v) is 3.89. The Hall–Kier alpha value is -2.04. The second-order valence-corrected chi connectivity index (χ2v) is 6.01. The number of pyridine rings is 1. The molecule has 0 spiro atoms. The van der Waals surface area contributed by atoms with Gasteiger partial charge >= 0.3 is 0 Å². The predicted molar refractivity (Wildman–Crippen MR) is 94.7 cm³/mol. The van der Waals surface area contributed by atoms with Gasteiger partial charge in [0.15, 0.2) is 5.96 Å². The Morgan fingerprint density at radius 1 is 1.52 bits per heavy atom. The number of nitrogens with zero attached hydrogens (tertiary/aromatic N) is 3. The van der Waals surface area contributed by atoms with Crippen LogP contribution in [0.5, 0.6) is 5.88 Å². The minimum absolute atomic E-state index is 0.703. The van der Waals surface area contributed by atoms with E-state index < -0.39 is 0 Å². The van der Waals surface area contributed by atoms with Gasteiger partial charge in [-0.3, -0.25) is 4.99 Å². The van der Waals surface area contributed by atoms with Crippen LogP contribution in [-0.4, -0.2) is 43.1 Å². The van der Waals surface area contributed by atoms with Crippen molar-refractivity contribution in [3.63, 3.8) is 0 Å². The zero-order chi connectivity index (χ0) is 16.5. The fraction of sp³-hybridized carbons (Fsp3) is 0.556. The summed E-state index contributed by atoms with van der Waals surface area (Å²) in [5, 5.41) is 3.36. The van der Waals surface area contributed by atoms with Gasteiger partial charge in [0.05, 0.1) is 6.61 Å². The molecule has 23 heavy (non-hydrogen) atoms. The first-order valence-corrected chi connectivity index (χ1v) is 8.33. The lowest BCUT2D eigenvalue weighted by atomic mass is 10.3. The van der Waals surface area contributed by atoms with Crippen molar-refractivity contribution in [2.45, 2.75) is 32.2 Å². The molecule has 1 aliphatic rings. The first-order valence-electron chi connectivity index (χ1n) is 8.33. The summed E-state index contributed by atoms with van der Waals surface area (Å²) in [5.74, 6) is 2.35. The Labute approximate surface area is 139 Å². The lowest BCUT2D eigenvalue weighted by Gasteiger charge is -2.21. The molecule has 0 radical (unpaired) electrons. The van der Waals surface area contributed by atoms with Crippen molar-refractivity contribution >= 4 is 5.96 Å². The summed E-state index contributed by atoms with van der Waals surface area (Å²) in [6.45, 7) is 6.21. The lowest BCUT2D eigenvalue weighted by molar-refractivity contribution is 0.288. The van der Waals surface area contributed by atoms with E-state index in [2.05, 4.69) is 26.8 Å². The van der Waals surface area contributed by atoms with Crippen molar-refractivity contribution in [1.29, 1.82) is 0 Å². The van der Waals surface area contributed by atoms with E-state index in [1.807, 2.05) is 31.5 Å². The average molecular weight is 316 g/mol.